The van der Waals surface area contributed by atoms with Crippen molar-refractivity contribution in [3.8, 4) is 6.07 Å². The maximum Gasteiger partial charge on any atom is 0.356 e. The summed E-state index contributed by atoms with van der Waals surface area (Å²) in [5.41, 5.74) is 3.94. The molecular formula is C15H10BrN3O2. The van der Waals surface area contributed by atoms with E-state index >= 15 is 0 Å². The SMILES string of the molecule is N#Cc1cccc(/C(=N\Nc2ccc(Br)cc2)C(=O)O)c1. The van der Waals surface area contributed by atoms with E-state index in [1.165, 1.54) is 6.07 Å². The van der Waals surface area contributed by atoms with E-state index in [-0.39, 0.29) is 5.71 Å². The van der Waals surface area contributed by atoms with Crippen LogP contribution >= 0.6 is 15.9 Å². The van der Waals surface area contributed by atoms with Crippen LogP contribution in [0.1, 0.15) is 11.1 Å². The molecule has 0 saturated carbocycles. The monoisotopic (exact) mass is 343 g/mol. The number of nitriles is 1. The molecule has 2 aromatic carbocycles. The zero-order valence-electron chi connectivity index (χ0n) is 10.7. The minimum Gasteiger partial charge on any atom is -0.476 e. The number of carbonyl (C=O) groups is 1. The number of nitrogens with zero attached hydrogens (tertiary/aromatic N) is 2. The Morgan fingerprint density at radius 3 is 2.57 bits per heavy atom. The van der Waals surface area contributed by atoms with Crippen LogP contribution in [0.3, 0.4) is 0 Å². The van der Waals surface area contributed by atoms with E-state index in [2.05, 4.69) is 26.5 Å². The van der Waals surface area contributed by atoms with Crippen molar-refractivity contribution in [2.24, 2.45) is 5.10 Å². The molecule has 0 atom stereocenters. The molecule has 0 radical (unpaired) electrons. The van der Waals surface area contributed by atoms with Gasteiger partial charge in [-0.15, -0.1) is 0 Å². The van der Waals surface area contributed by atoms with Gasteiger partial charge in [0.1, 0.15) is 0 Å². The molecule has 0 aliphatic carbocycles. The number of hydrogen-bond acceptors (Lipinski definition) is 4. The predicted molar refractivity (Wildman–Crippen MR) is 83.1 cm³/mol. The highest BCUT2D eigenvalue weighted by Crippen LogP contribution is 2.14. The second kappa shape index (κ2) is 6.68. The second-order valence-corrected chi connectivity index (χ2v) is 4.99. The molecule has 0 aliphatic heterocycles. The standard InChI is InChI=1S/C15H10BrN3O2/c16-12-4-6-13(7-5-12)18-19-14(15(20)21)11-3-1-2-10(8-11)9-17/h1-8,18H,(H,20,21)/b19-14+. The van der Waals surface area contributed by atoms with E-state index in [1.807, 2.05) is 18.2 Å². The van der Waals surface area contributed by atoms with Gasteiger partial charge in [0.15, 0.2) is 5.71 Å². The first-order valence-corrected chi connectivity index (χ1v) is 6.72. The fraction of sp³-hybridized carbons (Fsp3) is 0. The summed E-state index contributed by atoms with van der Waals surface area (Å²) in [4.78, 5) is 11.3. The topological polar surface area (TPSA) is 85.5 Å². The average molecular weight is 344 g/mol. The highest BCUT2D eigenvalue weighted by atomic mass is 79.9. The Hall–Kier alpha value is -2.65. The lowest BCUT2D eigenvalue weighted by atomic mass is 10.1. The van der Waals surface area contributed by atoms with Crippen LogP contribution in [0.15, 0.2) is 58.1 Å². The number of anilines is 1. The van der Waals surface area contributed by atoms with Crippen molar-refractivity contribution in [1.82, 2.24) is 0 Å². The molecule has 5 nitrogen and oxygen atoms in total. The van der Waals surface area contributed by atoms with Gasteiger partial charge in [0, 0.05) is 10.0 Å². The number of nitrogens with one attached hydrogen (secondary N) is 1. The third kappa shape index (κ3) is 3.91. The summed E-state index contributed by atoms with van der Waals surface area (Å²) < 4.78 is 0.914. The molecule has 21 heavy (non-hydrogen) atoms. The maximum absolute atomic E-state index is 11.3. The van der Waals surface area contributed by atoms with Crippen LogP contribution in [0, 0.1) is 11.3 Å². The molecule has 0 saturated heterocycles. The Labute approximate surface area is 129 Å². The van der Waals surface area contributed by atoms with E-state index in [0.29, 0.717) is 16.8 Å². The Balaban J connectivity index is 2.30. The minimum atomic E-state index is -1.17. The first-order valence-electron chi connectivity index (χ1n) is 5.93. The van der Waals surface area contributed by atoms with Crippen LogP contribution in [-0.4, -0.2) is 16.8 Å². The van der Waals surface area contributed by atoms with Crippen molar-refractivity contribution in [2.45, 2.75) is 0 Å². The lowest BCUT2D eigenvalue weighted by Crippen LogP contribution is -2.16. The zero-order valence-corrected chi connectivity index (χ0v) is 12.3. The first-order chi connectivity index (χ1) is 10.1. The quantitative estimate of drug-likeness (QED) is 0.659. The van der Waals surface area contributed by atoms with Crippen molar-refractivity contribution in [3.63, 3.8) is 0 Å². The van der Waals surface area contributed by atoms with Crippen LogP contribution in [0.2, 0.25) is 0 Å². The fourth-order valence-electron chi connectivity index (χ4n) is 1.62. The van der Waals surface area contributed by atoms with E-state index in [4.69, 9.17) is 5.26 Å². The van der Waals surface area contributed by atoms with E-state index in [9.17, 15) is 9.90 Å². The van der Waals surface area contributed by atoms with Gasteiger partial charge in [0.25, 0.3) is 0 Å². The smallest absolute Gasteiger partial charge is 0.356 e. The lowest BCUT2D eigenvalue weighted by molar-refractivity contribution is -0.129. The molecule has 0 aromatic heterocycles. The molecule has 2 rings (SSSR count). The van der Waals surface area contributed by atoms with Gasteiger partial charge in [0.05, 0.1) is 17.3 Å². The van der Waals surface area contributed by atoms with E-state index < -0.39 is 5.97 Å². The van der Waals surface area contributed by atoms with Crippen LogP contribution in [0.4, 0.5) is 5.69 Å². The second-order valence-electron chi connectivity index (χ2n) is 4.08. The molecule has 0 bridgehead atoms. The number of halogens is 1. The van der Waals surface area contributed by atoms with Crippen molar-refractivity contribution in [2.75, 3.05) is 5.43 Å². The van der Waals surface area contributed by atoms with Gasteiger partial charge in [0.2, 0.25) is 0 Å². The number of hydrazone groups is 1. The van der Waals surface area contributed by atoms with Gasteiger partial charge < -0.3 is 5.11 Å². The van der Waals surface area contributed by atoms with Gasteiger partial charge >= 0.3 is 5.97 Å². The lowest BCUT2D eigenvalue weighted by Gasteiger charge is -2.04. The third-order valence-electron chi connectivity index (χ3n) is 2.61. The van der Waals surface area contributed by atoms with Crippen LogP contribution in [0.25, 0.3) is 0 Å². The van der Waals surface area contributed by atoms with Gasteiger partial charge in [-0.05, 0) is 36.4 Å². The Bertz CT molecular complexity index is 733. The number of benzene rings is 2. The summed E-state index contributed by atoms with van der Waals surface area (Å²) in [6.07, 6.45) is 0. The predicted octanol–water partition coefficient (Wildman–Crippen LogP) is 3.22. The van der Waals surface area contributed by atoms with Gasteiger partial charge in [-0.25, -0.2) is 4.79 Å². The molecule has 0 heterocycles. The summed E-state index contributed by atoms with van der Waals surface area (Å²) in [5.74, 6) is -1.17. The molecule has 2 N–H and O–H groups in total. The van der Waals surface area contributed by atoms with Gasteiger partial charge in [-0.1, -0.05) is 28.1 Å². The Morgan fingerprint density at radius 2 is 1.95 bits per heavy atom. The summed E-state index contributed by atoms with van der Waals surface area (Å²) in [7, 11) is 0. The molecule has 0 fully saturated rings. The average Bonchev–Trinajstić information content (AvgIpc) is 2.49. The Morgan fingerprint density at radius 1 is 1.24 bits per heavy atom. The zero-order chi connectivity index (χ0) is 15.2. The van der Waals surface area contributed by atoms with Gasteiger partial charge in [-0.3, -0.25) is 5.43 Å². The van der Waals surface area contributed by atoms with Crippen molar-refractivity contribution in [3.05, 3.63) is 64.1 Å². The molecule has 0 amide bonds. The molecule has 104 valence electrons. The molecule has 0 unspecified atom stereocenters. The molecule has 2 aromatic rings. The number of rotatable bonds is 4. The van der Waals surface area contributed by atoms with Crippen molar-refractivity contribution in [1.29, 1.82) is 5.26 Å². The van der Waals surface area contributed by atoms with Crippen molar-refractivity contribution < 1.29 is 9.90 Å². The Kier molecular flexibility index (Phi) is 4.69. The van der Waals surface area contributed by atoms with E-state index in [0.717, 1.165) is 4.47 Å². The molecule has 0 spiro atoms. The van der Waals surface area contributed by atoms with Crippen LogP contribution in [0.5, 0.6) is 0 Å². The highest BCUT2D eigenvalue weighted by molar-refractivity contribution is 9.10. The van der Waals surface area contributed by atoms with Crippen LogP contribution < -0.4 is 5.43 Å². The van der Waals surface area contributed by atoms with Crippen LogP contribution in [-0.2, 0) is 4.79 Å². The van der Waals surface area contributed by atoms with E-state index in [1.54, 1.807) is 30.3 Å². The summed E-state index contributed by atoms with van der Waals surface area (Å²) >= 11 is 3.31. The number of carboxylic acid groups (broad SMARTS) is 1. The summed E-state index contributed by atoms with van der Waals surface area (Å²) in [6.45, 7) is 0. The van der Waals surface area contributed by atoms with Crippen molar-refractivity contribution >= 4 is 33.3 Å². The number of hydrogen-bond donors (Lipinski definition) is 2. The largest absolute Gasteiger partial charge is 0.476 e. The molecule has 6 heteroatoms. The number of carboxylic acids is 1. The van der Waals surface area contributed by atoms with Gasteiger partial charge in [-0.2, -0.15) is 10.4 Å². The molecular weight excluding hydrogens is 334 g/mol. The third-order valence-corrected chi connectivity index (χ3v) is 3.14. The first kappa shape index (κ1) is 14.8. The summed E-state index contributed by atoms with van der Waals surface area (Å²) in [6, 6.07) is 15.4. The maximum atomic E-state index is 11.3. The highest BCUT2D eigenvalue weighted by Gasteiger charge is 2.13. The fourth-order valence-corrected chi connectivity index (χ4v) is 1.88. The summed E-state index contributed by atoms with van der Waals surface area (Å²) in [5, 5.41) is 22.0. The molecule has 0 aliphatic rings. The minimum absolute atomic E-state index is 0.157. The normalized spacial score (nSPS) is 10.8. The number of aliphatic carboxylic acids is 1.